The summed E-state index contributed by atoms with van der Waals surface area (Å²) in [5.41, 5.74) is 0.747. The monoisotopic (exact) mass is 262 g/mol. The van der Waals surface area contributed by atoms with Crippen molar-refractivity contribution in [2.75, 3.05) is 18.6 Å². The predicted octanol–water partition coefficient (Wildman–Crippen LogP) is 1.07. The van der Waals surface area contributed by atoms with Crippen LogP contribution >= 0.6 is 0 Å². The molecule has 2 rings (SSSR count). The van der Waals surface area contributed by atoms with E-state index in [0.717, 1.165) is 11.3 Å². The molecule has 5 nitrogen and oxygen atoms in total. The van der Waals surface area contributed by atoms with E-state index >= 15 is 0 Å². The van der Waals surface area contributed by atoms with Gasteiger partial charge in [-0.3, -0.25) is 9.59 Å². The number of amides is 2. The van der Waals surface area contributed by atoms with Gasteiger partial charge >= 0.3 is 0 Å². The molecule has 1 aromatic rings. The molecule has 0 aliphatic carbocycles. The summed E-state index contributed by atoms with van der Waals surface area (Å²) in [6.07, 6.45) is 0. The van der Waals surface area contributed by atoms with Crippen molar-refractivity contribution in [1.82, 2.24) is 5.32 Å². The van der Waals surface area contributed by atoms with Gasteiger partial charge in [0.2, 0.25) is 5.91 Å². The first-order valence-electron chi connectivity index (χ1n) is 6.15. The van der Waals surface area contributed by atoms with Crippen LogP contribution in [0.3, 0.4) is 0 Å². The van der Waals surface area contributed by atoms with Crippen LogP contribution in [0.5, 0.6) is 0 Å². The molecule has 1 saturated heterocycles. The number of nitrogens with one attached hydrogen (secondary N) is 1. The maximum atomic E-state index is 12.4. The Morgan fingerprint density at radius 1 is 1.32 bits per heavy atom. The van der Waals surface area contributed by atoms with Crippen molar-refractivity contribution in [3.63, 3.8) is 0 Å². The molecule has 102 valence electrons. The fraction of sp³-hybridized carbons (Fsp3) is 0.429. The Morgan fingerprint density at radius 2 is 2.00 bits per heavy atom. The van der Waals surface area contributed by atoms with Crippen LogP contribution < -0.4 is 10.2 Å². The molecule has 2 amide bonds. The number of benzene rings is 1. The van der Waals surface area contributed by atoms with Crippen LogP contribution in [-0.2, 0) is 20.9 Å². The van der Waals surface area contributed by atoms with E-state index in [2.05, 4.69) is 5.32 Å². The Bertz CT molecular complexity index is 511. The number of carbonyl (C=O) groups excluding carboxylic acids is 2. The number of nitrogens with zero attached hydrogens (tertiary/aromatic N) is 1. The second kappa shape index (κ2) is 5.01. The molecular formula is C14H18N2O3. The maximum absolute atomic E-state index is 12.4. The Morgan fingerprint density at radius 3 is 2.68 bits per heavy atom. The summed E-state index contributed by atoms with van der Waals surface area (Å²) < 4.78 is 5.13. The molecule has 1 N–H and O–H groups in total. The Labute approximate surface area is 112 Å². The largest absolute Gasteiger partial charge is 0.380 e. The fourth-order valence-corrected chi connectivity index (χ4v) is 2.24. The van der Waals surface area contributed by atoms with Crippen LogP contribution in [0, 0.1) is 0 Å². The molecule has 0 atom stereocenters. The lowest BCUT2D eigenvalue weighted by molar-refractivity contribution is -0.134. The highest BCUT2D eigenvalue weighted by Crippen LogP contribution is 2.25. The smallest absolute Gasteiger partial charge is 0.252 e. The fourth-order valence-electron chi connectivity index (χ4n) is 2.24. The van der Waals surface area contributed by atoms with Crippen LogP contribution in [0.4, 0.5) is 5.69 Å². The molecule has 1 aliphatic rings. The van der Waals surface area contributed by atoms with Crippen molar-refractivity contribution in [3.05, 3.63) is 29.8 Å². The van der Waals surface area contributed by atoms with E-state index < -0.39 is 5.54 Å². The lowest BCUT2D eigenvalue weighted by Crippen LogP contribution is -2.64. The zero-order chi connectivity index (χ0) is 14.0. The van der Waals surface area contributed by atoms with Gasteiger partial charge in [-0.05, 0) is 19.9 Å². The summed E-state index contributed by atoms with van der Waals surface area (Å²) in [4.78, 5) is 25.7. The van der Waals surface area contributed by atoms with Gasteiger partial charge in [-0.1, -0.05) is 18.2 Å². The third-order valence-corrected chi connectivity index (χ3v) is 3.12. The van der Waals surface area contributed by atoms with Crippen LogP contribution in [0.2, 0.25) is 0 Å². The highest BCUT2D eigenvalue weighted by atomic mass is 16.5. The number of anilines is 1. The van der Waals surface area contributed by atoms with Gasteiger partial charge in [-0.2, -0.15) is 0 Å². The Kier molecular flexibility index (Phi) is 3.57. The Balaban J connectivity index is 2.40. The normalized spacial score (nSPS) is 18.4. The zero-order valence-corrected chi connectivity index (χ0v) is 11.4. The molecule has 0 spiro atoms. The van der Waals surface area contributed by atoms with E-state index in [1.54, 1.807) is 21.0 Å². The van der Waals surface area contributed by atoms with Gasteiger partial charge in [-0.25, -0.2) is 0 Å². The quantitative estimate of drug-likeness (QED) is 0.886. The highest BCUT2D eigenvalue weighted by Gasteiger charge is 2.40. The molecule has 0 saturated carbocycles. The standard InChI is InChI=1S/C14H18N2O3/c1-14(2)13(18)16(8-12(17)15-14)11-7-5-4-6-10(11)9-19-3/h4-7H,8-9H2,1-3H3,(H,15,17). The van der Waals surface area contributed by atoms with Crippen LogP contribution in [-0.4, -0.2) is 31.0 Å². The molecule has 0 radical (unpaired) electrons. The molecule has 1 heterocycles. The average molecular weight is 262 g/mol. The second-order valence-electron chi connectivity index (χ2n) is 5.13. The topological polar surface area (TPSA) is 58.6 Å². The van der Waals surface area contributed by atoms with E-state index in [4.69, 9.17) is 4.74 Å². The predicted molar refractivity (Wildman–Crippen MR) is 71.7 cm³/mol. The third-order valence-electron chi connectivity index (χ3n) is 3.12. The molecular weight excluding hydrogens is 244 g/mol. The van der Waals surface area contributed by atoms with E-state index in [9.17, 15) is 9.59 Å². The van der Waals surface area contributed by atoms with Gasteiger partial charge in [0, 0.05) is 18.4 Å². The molecule has 0 bridgehead atoms. The van der Waals surface area contributed by atoms with Gasteiger partial charge in [0.1, 0.15) is 12.1 Å². The number of para-hydroxylation sites is 1. The van der Waals surface area contributed by atoms with Gasteiger partial charge in [0.25, 0.3) is 5.91 Å². The lowest BCUT2D eigenvalue weighted by atomic mass is 9.99. The molecule has 19 heavy (non-hydrogen) atoms. The van der Waals surface area contributed by atoms with Crippen molar-refractivity contribution >= 4 is 17.5 Å². The van der Waals surface area contributed by atoms with E-state index in [0.29, 0.717) is 6.61 Å². The van der Waals surface area contributed by atoms with Gasteiger partial charge in [0.15, 0.2) is 0 Å². The van der Waals surface area contributed by atoms with Crippen molar-refractivity contribution in [2.24, 2.45) is 0 Å². The minimum Gasteiger partial charge on any atom is -0.380 e. The number of methoxy groups -OCH3 is 1. The molecule has 1 aromatic carbocycles. The van der Waals surface area contributed by atoms with Gasteiger partial charge in [-0.15, -0.1) is 0 Å². The van der Waals surface area contributed by atoms with E-state index in [1.165, 1.54) is 4.90 Å². The van der Waals surface area contributed by atoms with Gasteiger partial charge < -0.3 is 15.0 Å². The van der Waals surface area contributed by atoms with Crippen molar-refractivity contribution in [1.29, 1.82) is 0 Å². The van der Waals surface area contributed by atoms with Gasteiger partial charge in [0.05, 0.1) is 6.61 Å². The zero-order valence-electron chi connectivity index (χ0n) is 11.4. The lowest BCUT2D eigenvalue weighted by Gasteiger charge is -2.38. The summed E-state index contributed by atoms with van der Waals surface area (Å²) in [7, 11) is 1.60. The second-order valence-corrected chi connectivity index (χ2v) is 5.13. The number of ether oxygens (including phenoxy) is 1. The summed E-state index contributed by atoms with van der Waals surface area (Å²) in [6, 6.07) is 7.46. The summed E-state index contributed by atoms with van der Waals surface area (Å²) >= 11 is 0. The number of rotatable bonds is 3. The molecule has 5 heteroatoms. The highest BCUT2D eigenvalue weighted by molar-refractivity contribution is 6.09. The Hall–Kier alpha value is -1.88. The minimum absolute atomic E-state index is 0.0446. The molecule has 0 unspecified atom stereocenters. The summed E-state index contributed by atoms with van der Waals surface area (Å²) in [5.74, 6) is -0.271. The maximum Gasteiger partial charge on any atom is 0.252 e. The van der Waals surface area contributed by atoms with Crippen LogP contribution in [0.1, 0.15) is 19.4 Å². The summed E-state index contributed by atoms with van der Waals surface area (Å²) in [6.45, 7) is 3.86. The van der Waals surface area contributed by atoms with E-state index in [1.807, 2.05) is 24.3 Å². The SMILES string of the molecule is COCc1ccccc1N1CC(=O)NC(C)(C)C1=O. The number of piperazine rings is 1. The number of hydrogen-bond donors (Lipinski definition) is 1. The third kappa shape index (κ3) is 2.61. The van der Waals surface area contributed by atoms with Crippen molar-refractivity contribution in [3.8, 4) is 0 Å². The molecule has 1 fully saturated rings. The number of carbonyl (C=O) groups is 2. The molecule has 1 aliphatic heterocycles. The summed E-state index contributed by atoms with van der Waals surface area (Å²) in [5, 5.41) is 2.70. The molecule has 0 aromatic heterocycles. The van der Waals surface area contributed by atoms with Crippen molar-refractivity contribution in [2.45, 2.75) is 26.0 Å². The van der Waals surface area contributed by atoms with Crippen LogP contribution in [0.25, 0.3) is 0 Å². The van der Waals surface area contributed by atoms with Crippen LogP contribution in [0.15, 0.2) is 24.3 Å². The average Bonchev–Trinajstić information content (AvgIpc) is 2.34. The first-order chi connectivity index (χ1) is 8.95. The number of hydrogen-bond acceptors (Lipinski definition) is 3. The first-order valence-corrected chi connectivity index (χ1v) is 6.15. The first kappa shape index (κ1) is 13.5. The van der Waals surface area contributed by atoms with Crippen molar-refractivity contribution < 1.29 is 14.3 Å². The van der Waals surface area contributed by atoms with E-state index in [-0.39, 0.29) is 18.4 Å². The minimum atomic E-state index is -0.879.